The molecule has 0 aromatic rings. The minimum absolute atomic E-state index is 1.37. The normalized spacial score (nSPS) is 11.8. The topological polar surface area (TPSA) is 3.24 Å². The van der Waals surface area contributed by atoms with Gasteiger partial charge in [0.15, 0.2) is 0 Å². The fourth-order valence-corrected chi connectivity index (χ4v) is 8.10. The quantitative estimate of drug-likeness (QED) is 0.0571. The summed E-state index contributed by atoms with van der Waals surface area (Å²) >= 11 is 0. The molecule has 0 atom stereocenters. The average molecular weight is 704 g/mol. The van der Waals surface area contributed by atoms with Crippen LogP contribution in [0.3, 0.4) is 0 Å². The molecular formula is C49H101N. The first-order valence-electron chi connectivity index (χ1n) is 24.6. The Labute approximate surface area is 320 Å². The highest BCUT2D eigenvalue weighted by atomic mass is 15.1. The van der Waals surface area contributed by atoms with Crippen molar-refractivity contribution in [2.75, 3.05) is 19.6 Å². The Morgan fingerprint density at radius 1 is 0.160 bits per heavy atom. The van der Waals surface area contributed by atoms with E-state index >= 15 is 0 Å². The van der Waals surface area contributed by atoms with Gasteiger partial charge in [0.2, 0.25) is 0 Å². The molecule has 0 aliphatic rings. The van der Waals surface area contributed by atoms with Crippen LogP contribution in [0.25, 0.3) is 0 Å². The number of hydrogen-bond donors (Lipinski definition) is 0. The monoisotopic (exact) mass is 704 g/mol. The van der Waals surface area contributed by atoms with Crippen molar-refractivity contribution in [1.29, 1.82) is 0 Å². The van der Waals surface area contributed by atoms with E-state index < -0.39 is 0 Å². The van der Waals surface area contributed by atoms with E-state index in [0.717, 1.165) is 0 Å². The van der Waals surface area contributed by atoms with Gasteiger partial charge in [-0.05, 0) is 38.9 Å². The Kier molecular flexibility index (Phi) is 46.9. The lowest BCUT2D eigenvalue weighted by atomic mass is 10.0. The van der Waals surface area contributed by atoms with Crippen molar-refractivity contribution in [3.63, 3.8) is 0 Å². The van der Waals surface area contributed by atoms with E-state index in [4.69, 9.17) is 0 Å². The van der Waals surface area contributed by atoms with Crippen LogP contribution in [0.4, 0.5) is 0 Å². The summed E-state index contributed by atoms with van der Waals surface area (Å²) in [6.07, 6.45) is 63.1. The Hall–Kier alpha value is -0.0400. The summed E-state index contributed by atoms with van der Waals surface area (Å²) in [6, 6.07) is 0. The summed E-state index contributed by atoms with van der Waals surface area (Å²) in [6.45, 7) is 11.1. The Morgan fingerprint density at radius 3 is 0.420 bits per heavy atom. The second-order valence-electron chi connectivity index (χ2n) is 17.0. The van der Waals surface area contributed by atoms with Crippen molar-refractivity contribution in [2.24, 2.45) is 0 Å². The standard InChI is InChI=1S/C49H101N/c1-4-7-10-13-16-19-22-25-27-30-33-36-39-42-45-48-50(47-44-41-38-35-32-29-24-21-18-15-12-9-6-3)49-46-43-40-37-34-31-28-26-23-20-17-14-11-8-5-2/h4-49H2,1-3H3. The van der Waals surface area contributed by atoms with Gasteiger partial charge in [0.1, 0.15) is 0 Å². The summed E-state index contributed by atoms with van der Waals surface area (Å²) in [7, 11) is 0. The molecule has 0 heterocycles. The molecule has 0 radical (unpaired) electrons. The molecule has 1 heteroatoms. The van der Waals surface area contributed by atoms with Gasteiger partial charge < -0.3 is 4.90 Å². The predicted molar refractivity (Wildman–Crippen MR) is 232 cm³/mol. The van der Waals surface area contributed by atoms with E-state index in [9.17, 15) is 0 Å². The van der Waals surface area contributed by atoms with Crippen LogP contribution in [0, 0.1) is 0 Å². The van der Waals surface area contributed by atoms with Gasteiger partial charge in [0.05, 0.1) is 0 Å². The summed E-state index contributed by atoms with van der Waals surface area (Å²) in [5.41, 5.74) is 0. The predicted octanol–water partition coefficient (Wildman–Crippen LogP) is 18.1. The first-order chi connectivity index (χ1) is 24.8. The van der Waals surface area contributed by atoms with E-state index in [-0.39, 0.29) is 0 Å². The van der Waals surface area contributed by atoms with Crippen molar-refractivity contribution in [3.05, 3.63) is 0 Å². The van der Waals surface area contributed by atoms with Gasteiger partial charge in [-0.25, -0.2) is 0 Å². The molecule has 0 spiro atoms. The third-order valence-corrected chi connectivity index (χ3v) is 11.7. The molecule has 1 nitrogen and oxygen atoms in total. The highest BCUT2D eigenvalue weighted by molar-refractivity contribution is 4.61. The molecule has 50 heavy (non-hydrogen) atoms. The zero-order chi connectivity index (χ0) is 36.1. The summed E-state index contributed by atoms with van der Waals surface area (Å²) in [5.74, 6) is 0. The molecule has 0 aliphatic carbocycles. The Bertz CT molecular complexity index is 523. The van der Waals surface area contributed by atoms with Crippen LogP contribution in [0.5, 0.6) is 0 Å². The smallest absolute Gasteiger partial charge is 0.00187 e. The maximum atomic E-state index is 2.88. The zero-order valence-electron chi connectivity index (χ0n) is 36.0. The third-order valence-electron chi connectivity index (χ3n) is 11.7. The molecule has 302 valence electrons. The van der Waals surface area contributed by atoms with Crippen molar-refractivity contribution < 1.29 is 0 Å². The second-order valence-corrected chi connectivity index (χ2v) is 17.0. The number of nitrogens with zero attached hydrogens (tertiary/aromatic N) is 1. The summed E-state index contributed by atoms with van der Waals surface area (Å²) < 4.78 is 0. The van der Waals surface area contributed by atoms with Gasteiger partial charge in [0.25, 0.3) is 0 Å². The molecule has 0 aromatic carbocycles. The first-order valence-corrected chi connectivity index (χ1v) is 24.6. The molecule has 0 fully saturated rings. The van der Waals surface area contributed by atoms with E-state index in [0.29, 0.717) is 0 Å². The molecule has 0 saturated carbocycles. The van der Waals surface area contributed by atoms with Gasteiger partial charge in [-0.15, -0.1) is 0 Å². The van der Waals surface area contributed by atoms with Crippen LogP contribution in [0.2, 0.25) is 0 Å². The molecule has 0 bridgehead atoms. The highest BCUT2D eigenvalue weighted by Crippen LogP contribution is 2.17. The fraction of sp³-hybridized carbons (Fsp3) is 1.00. The van der Waals surface area contributed by atoms with Crippen molar-refractivity contribution in [1.82, 2.24) is 4.90 Å². The van der Waals surface area contributed by atoms with Gasteiger partial charge in [-0.3, -0.25) is 0 Å². The first kappa shape index (κ1) is 50.0. The largest absolute Gasteiger partial charge is 0.303 e. The zero-order valence-corrected chi connectivity index (χ0v) is 36.0. The van der Waals surface area contributed by atoms with E-state index in [1.54, 1.807) is 0 Å². The summed E-state index contributed by atoms with van der Waals surface area (Å²) in [5, 5.41) is 0. The van der Waals surface area contributed by atoms with E-state index in [1.807, 2.05) is 0 Å². The molecule has 0 amide bonds. The number of rotatable bonds is 46. The Balaban J connectivity index is 3.92. The molecule has 0 N–H and O–H groups in total. The van der Waals surface area contributed by atoms with Crippen LogP contribution in [0.15, 0.2) is 0 Å². The lowest BCUT2D eigenvalue weighted by Crippen LogP contribution is -2.27. The van der Waals surface area contributed by atoms with Gasteiger partial charge in [0, 0.05) is 0 Å². The molecule has 0 saturated heterocycles. The van der Waals surface area contributed by atoms with Crippen LogP contribution in [-0.4, -0.2) is 24.5 Å². The maximum Gasteiger partial charge on any atom is -0.00187 e. The van der Waals surface area contributed by atoms with Crippen LogP contribution >= 0.6 is 0 Å². The van der Waals surface area contributed by atoms with Crippen LogP contribution in [0.1, 0.15) is 297 Å². The minimum atomic E-state index is 1.37. The van der Waals surface area contributed by atoms with Crippen LogP contribution in [-0.2, 0) is 0 Å². The lowest BCUT2D eigenvalue weighted by molar-refractivity contribution is 0.254. The fourth-order valence-electron chi connectivity index (χ4n) is 8.10. The number of hydrogen-bond acceptors (Lipinski definition) is 1. The van der Waals surface area contributed by atoms with Gasteiger partial charge in [-0.1, -0.05) is 278 Å². The van der Waals surface area contributed by atoms with Gasteiger partial charge in [-0.2, -0.15) is 0 Å². The second kappa shape index (κ2) is 47.0. The SMILES string of the molecule is CCCCCCCCCCCCCCCCCN(CCCCCCCCCCCCCCC)CCCCCCCCCCCCCCCCC. The highest BCUT2D eigenvalue weighted by Gasteiger charge is 2.05. The molecule has 0 unspecified atom stereocenters. The summed E-state index contributed by atoms with van der Waals surface area (Å²) in [4.78, 5) is 2.88. The van der Waals surface area contributed by atoms with E-state index in [2.05, 4.69) is 25.7 Å². The molecule has 0 aromatic heterocycles. The van der Waals surface area contributed by atoms with Crippen molar-refractivity contribution in [3.8, 4) is 0 Å². The van der Waals surface area contributed by atoms with Crippen molar-refractivity contribution >= 4 is 0 Å². The molecule has 0 rings (SSSR count). The van der Waals surface area contributed by atoms with Crippen LogP contribution < -0.4 is 0 Å². The Morgan fingerprint density at radius 2 is 0.280 bits per heavy atom. The lowest BCUT2D eigenvalue weighted by Gasteiger charge is -2.22. The molecule has 0 aliphatic heterocycles. The van der Waals surface area contributed by atoms with E-state index in [1.165, 1.54) is 296 Å². The van der Waals surface area contributed by atoms with Crippen molar-refractivity contribution in [2.45, 2.75) is 297 Å². The average Bonchev–Trinajstić information content (AvgIpc) is 3.13. The minimum Gasteiger partial charge on any atom is -0.303 e. The maximum absolute atomic E-state index is 2.88. The molecular weight excluding hydrogens is 603 g/mol. The van der Waals surface area contributed by atoms with Gasteiger partial charge >= 0.3 is 0 Å². The third kappa shape index (κ3) is 44.1. The number of unbranched alkanes of at least 4 members (excludes halogenated alkanes) is 40.